The maximum Gasteiger partial charge on any atom is 0.347 e. The molecule has 0 atom stereocenters. The first-order chi connectivity index (χ1) is 8.49. The first kappa shape index (κ1) is 12.7. The van der Waals surface area contributed by atoms with Crippen molar-refractivity contribution in [1.82, 2.24) is 0 Å². The van der Waals surface area contributed by atoms with E-state index in [9.17, 15) is 4.79 Å². The summed E-state index contributed by atoms with van der Waals surface area (Å²) in [4.78, 5) is 13.3. The third-order valence-electron chi connectivity index (χ3n) is 3.20. The number of hydrogen-bond donors (Lipinski definition) is 1. The Balaban J connectivity index is 2.05. The summed E-state index contributed by atoms with van der Waals surface area (Å²) in [5.41, 5.74) is -0.0252. The molecule has 0 bridgehead atoms. The standard InChI is InChI=1S/C14H19NO3/c1-14(2,13(16)17)18-12-7-5-11(6-8-12)15-9-3-4-10-15/h5-8H,3-4,9-10H2,1-2H3,(H,16,17). The molecule has 1 fully saturated rings. The summed E-state index contributed by atoms with van der Waals surface area (Å²) in [6.45, 7) is 5.29. The average molecular weight is 249 g/mol. The summed E-state index contributed by atoms with van der Waals surface area (Å²) in [5.74, 6) is -0.378. The van der Waals surface area contributed by atoms with Crippen LogP contribution in [0.2, 0.25) is 0 Å². The molecule has 0 unspecified atom stereocenters. The first-order valence-electron chi connectivity index (χ1n) is 6.26. The van der Waals surface area contributed by atoms with Crippen molar-refractivity contribution in [3.8, 4) is 5.75 Å². The Morgan fingerprint density at radius 3 is 2.28 bits per heavy atom. The van der Waals surface area contributed by atoms with Gasteiger partial charge in [0.15, 0.2) is 5.60 Å². The molecule has 0 saturated carbocycles. The van der Waals surface area contributed by atoms with E-state index in [4.69, 9.17) is 9.84 Å². The molecular weight excluding hydrogens is 230 g/mol. The Bertz CT molecular complexity index is 419. The molecule has 98 valence electrons. The summed E-state index contributed by atoms with van der Waals surface area (Å²) in [6, 6.07) is 7.63. The van der Waals surface area contributed by atoms with Crippen LogP contribution in [0.1, 0.15) is 26.7 Å². The summed E-state index contributed by atoms with van der Waals surface area (Å²) >= 11 is 0. The number of aliphatic carboxylic acids is 1. The summed E-state index contributed by atoms with van der Waals surface area (Å²) in [7, 11) is 0. The number of anilines is 1. The van der Waals surface area contributed by atoms with Gasteiger partial charge in [0.2, 0.25) is 0 Å². The molecule has 1 N–H and O–H groups in total. The molecule has 1 saturated heterocycles. The minimum atomic E-state index is -1.20. The minimum absolute atomic E-state index is 0.588. The van der Waals surface area contributed by atoms with Crippen LogP contribution in [-0.4, -0.2) is 29.8 Å². The van der Waals surface area contributed by atoms with E-state index in [1.165, 1.54) is 18.5 Å². The van der Waals surface area contributed by atoms with E-state index < -0.39 is 11.6 Å². The van der Waals surface area contributed by atoms with Crippen LogP contribution in [0.3, 0.4) is 0 Å². The van der Waals surface area contributed by atoms with Crippen LogP contribution in [0.5, 0.6) is 5.75 Å². The molecule has 1 heterocycles. The largest absolute Gasteiger partial charge is 0.478 e. The topological polar surface area (TPSA) is 49.8 Å². The minimum Gasteiger partial charge on any atom is -0.478 e. The van der Waals surface area contributed by atoms with Gasteiger partial charge in [-0.15, -0.1) is 0 Å². The number of carbonyl (C=O) groups is 1. The summed E-state index contributed by atoms with van der Waals surface area (Å²) < 4.78 is 5.46. The molecule has 0 aliphatic carbocycles. The van der Waals surface area contributed by atoms with Crippen LogP contribution >= 0.6 is 0 Å². The third kappa shape index (κ3) is 2.75. The Morgan fingerprint density at radius 2 is 1.78 bits per heavy atom. The van der Waals surface area contributed by atoms with Crippen LogP contribution in [-0.2, 0) is 4.79 Å². The van der Waals surface area contributed by atoms with Gasteiger partial charge in [0, 0.05) is 18.8 Å². The third-order valence-corrected chi connectivity index (χ3v) is 3.20. The molecule has 0 amide bonds. The van der Waals surface area contributed by atoms with Crippen molar-refractivity contribution in [1.29, 1.82) is 0 Å². The highest BCUT2D eigenvalue weighted by atomic mass is 16.5. The normalized spacial score (nSPS) is 15.8. The monoisotopic (exact) mass is 249 g/mol. The maximum absolute atomic E-state index is 11.0. The van der Waals surface area contributed by atoms with Crippen molar-refractivity contribution in [2.75, 3.05) is 18.0 Å². The van der Waals surface area contributed by atoms with Crippen molar-refractivity contribution in [2.24, 2.45) is 0 Å². The second-order valence-electron chi connectivity index (χ2n) is 5.11. The summed E-state index contributed by atoms with van der Waals surface area (Å²) in [6.07, 6.45) is 2.48. The lowest BCUT2D eigenvalue weighted by atomic mass is 10.1. The van der Waals surface area contributed by atoms with Gasteiger partial charge in [-0.05, 0) is 51.0 Å². The molecule has 1 aromatic rings. The highest BCUT2D eigenvalue weighted by molar-refractivity contribution is 5.76. The molecule has 4 nitrogen and oxygen atoms in total. The number of rotatable bonds is 4. The number of benzene rings is 1. The van der Waals surface area contributed by atoms with Crippen molar-refractivity contribution >= 4 is 11.7 Å². The Labute approximate surface area is 107 Å². The van der Waals surface area contributed by atoms with Gasteiger partial charge < -0.3 is 14.7 Å². The second-order valence-corrected chi connectivity index (χ2v) is 5.11. The first-order valence-corrected chi connectivity index (χ1v) is 6.26. The van der Waals surface area contributed by atoms with Crippen molar-refractivity contribution < 1.29 is 14.6 Å². The Morgan fingerprint density at radius 1 is 1.22 bits per heavy atom. The van der Waals surface area contributed by atoms with E-state index in [1.807, 2.05) is 24.3 Å². The van der Waals surface area contributed by atoms with Gasteiger partial charge in [-0.25, -0.2) is 4.79 Å². The van der Waals surface area contributed by atoms with Gasteiger partial charge in [0.25, 0.3) is 0 Å². The van der Waals surface area contributed by atoms with Crippen LogP contribution < -0.4 is 9.64 Å². The van der Waals surface area contributed by atoms with E-state index in [-0.39, 0.29) is 0 Å². The molecule has 0 radical (unpaired) electrons. The fourth-order valence-corrected chi connectivity index (χ4v) is 2.04. The van der Waals surface area contributed by atoms with E-state index in [1.54, 1.807) is 13.8 Å². The SMILES string of the molecule is CC(C)(Oc1ccc(N2CCCC2)cc1)C(=O)O. The van der Waals surface area contributed by atoms with Gasteiger partial charge >= 0.3 is 5.97 Å². The predicted molar refractivity (Wildman–Crippen MR) is 70.2 cm³/mol. The number of carboxylic acid groups (broad SMARTS) is 1. The lowest BCUT2D eigenvalue weighted by Crippen LogP contribution is -2.37. The summed E-state index contributed by atoms with van der Waals surface area (Å²) in [5, 5.41) is 9.00. The second kappa shape index (κ2) is 4.88. The molecule has 18 heavy (non-hydrogen) atoms. The Hall–Kier alpha value is -1.71. The van der Waals surface area contributed by atoms with Gasteiger partial charge in [-0.3, -0.25) is 0 Å². The molecule has 2 rings (SSSR count). The maximum atomic E-state index is 11.0. The van der Waals surface area contributed by atoms with Crippen LogP contribution in [0.15, 0.2) is 24.3 Å². The Kier molecular flexibility index (Phi) is 3.45. The lowest BCUT2D eigenvalue weighted by Gasteiger charge is -2.22. The quantitative estimate of drug-likeness (QED) is 0.890. The molecule has 1 aliphatic heterocycles. The van der Waals surface area contributed by atoms with Gasteiger partial charge in [0.05, 0.1) is 0 Å². The predicted octanol–water partition coefficient (Wildman–Crippen LogP) is 2.53. The molecule has 0 aromatic heterocycles. The highest BCUT2D eigenvalue weighted by Gasteiger charge is 2.29. The lowest BCUT2D eigenvalue weighted by molar-refractivity contribution is -0.152. The molecule has 1 aliphatic rings. The molecule has 0 spiro atoms. The molecule has 1 aromatic carbocycles. The zero-order valence-electron chi connectivity index (χ0n) is 10.8. The number of nitrogens with zero attached hydrogens (tertiary/aromatic N) is 1. The smallest absolute Gasteiger partial charge is 0.347 e. The zero-order chi connectivity index (χ0) is 13.2. The van der Waals surface area contributed by atoms with Crippen molar-refractivity contribution in [3.05, 3.63) is 24.3 Å². The number of hydrogen-bond acceptors (Lipinski definition) is 3. The number of carboxylic acids is 1. The van der Waals surface area contributed by atoms with Crippen molar-refractivity contribution in [3.63, 3.8) is 0 Å². The van der Waals surface area contributed by atoms with E-state index in [2.05, 4.69) is 4.90 Å². The fraction of sp³-hybridized carbons (Fsp3) is 0.500. The highest BCUT2D eigenvalue weighted by Crippen LogP contribution is 2.25. The number of ether oxygens (including phenoxy) is 1. The molecular formula is C14H19NO3. The average Bonchev–Trinajstić information content (AvgIpc) is 2.83. The van der Waals surface area contributed by atoms with E-state index in [0.717, 1.165) is 13.1 Å². The fourth-order valence-electron chi connectivity index (χ4n) is 2.04. The van der Waals surface area contributed by atoms with Gasteiger partial charge in [-0.2, -0.15) is 0 Å². The van der Waals surface area contributed by atoms with Crippen molar-refractivity contribution in [2.45, 2.75) is 32.3 Å². The van der Waals surface area contributed by atoms with Crippen LogP contribution in [0, 0.1) is 0 Å². The van der Waals surface area contributed by atoms with Crippen LogP contribution in [0.4, 0.5) is 5.69 Å². The van der Waals surface area contributed by atoms with E-state index >= 15 is 0 Å². The van der Waals surface area contributed by atoms with Crippen LogP contribution in [0.25, 0.3) is 0 Å². The van der Waals surface area contributed by atoms with E-state index in [0.29, 0.717) is 5.75 Å². The zero-order valence-corrected chi connectivity index (χ0v) is 10.8. The van der Waals surface area contributed by atoms with Gasteiger partial charge in [0.1, 0.15) is 5.75 Å². The molecule has 4 heteroatoms. The van der Waals surface area contributed by atoms with Gasteiger partial charge in [-0.1, -0.05) is 0 Å².